The van der Waals surface area contributed by atoms with E-state index in [2.05, 4.69) is 24.4 Å². The number of piperazine rings is 1. The maximum atomic E-state index is 12.3. The van der Waals surface area contributed by atoms with E-state index in [4.69, 9.17) is 4.42 Å². The Bertz CT molecular complexity index is 719. The Morgan fingerprint density at radius 2 is 1.76 bits per heavy atom. The van der Waals surface area contributed by atoms with Gasteiger partial charge in [0.25, 0.3) is 5.91 Å². The number of rotatable bonds is 4. The lowest BCUT2D eigenvalue weighted by Crippen LogP contribution is -2.53. The fraction of sp³-hybridized carbons (Fsp3) is 0.368. The van der Waals surface area contributed by atoms with Crippen molar-refractivity contribution in [1.29, 1.82) is 0 Å². The summed E-state index contributed by atoms with van der Waals surface area (Å²) in [7, 11) is 0. The molecule has 0 bridgehead atoms. The maximum Gasteiger partial charge on any atom is 0.317 e. The molecule has 0 atom stereocenters. The Balaban J connectivity index is 1.42. The molecule has 1 aliphatic heterocycles. The van der Waals surface area contributed by atoms with Crippen LogP contribution in [0, 0.1) is 6.92 Å². The lowest BCUT2D eigenvalue weighted by atomic mass is 10.1. The van der Waals surface area contributed by atoms with Gasteiger partial charge in [0.2, 0.25) is 0 Å². The van der Waals surface area contributed by atoms with Crippen LogP contribution in [0.25, 0.3) is 0 Å². The van der Waals surface area contributed by atoms with E-state index in [1.165, 1.54) is 17.4 Å². The molecule has 1 aromatic carbocycles. The van der Waals surface area contributed by atoms with Gasteiger partial charge in [-0.3, -0.25) is 4.79 Å². The van der Waals surface area contributed by atoms with Crippen molar-refractivity contribution in [3.8, 4) is 0 Å². The van der Waals surface area contributed by atoms with Gasteiger partial charge in [-0.1, -0.05) is 24.3 Å². The highest BCUT2D eigenvalue weighted by molar-refractivity contribution is 5.91. The number of carbonyl (C=O) groups is 2. The summed E-state index contributed by atoms with van der Waals surface area (Å²) in [6, 6.07) is 11.5. The summed E-state index contributed by atoms with van der Waals surface area (Å²) < 4.78 is 5.14. The van der Waals surface area contributed by atoms with Crippen LogP contribution in [0.3, 0.4) is 0 Å². The fourth-order valence-corrected chi connectivity index (χ4v) is 2.98. The lowest BCUT2D eigenvalue weighted by Gasteiger charge is -2.34. The third-order valence-electron chi connectivity index (χ3n) is 4.52. The predicted molar refractivity (Wildman–Crippen MR) is 94.5 cm³/mol. The molecule has 132 valence electrons. The number of furan rings is 1. The first-order valence-corrected chi connectivity index (χ1v) is 8.55. The highest BCUT2D eigenvalue weighted by atomic mass is 16.3. The molecule has 1 aliphatic rings. The summed E-state index contributed by atoms with van der Waals surface area (Å²) >= 11 is 0. The molecule has 25 heavy (non-hydrogen) atoms. The molecule has 1 fully saturated rings. The molecule has 3 amide bonds. The number of benzene rings is 1. The Morgan fingerprint density at radius 3 is 2.44 bits per heavy atom. The molecular formula is C19H23N3O3. The topological polar surface area (TPSA) is 65.8 Å². The van der Waals surface area contributed by atoms with Crippen molar-refractivity contribution in [3.63, 3.8) is 0 Å². The number of aryl methyl sites for hydroxylation is 1. The second-order valence-corrected chi connectivity index (χ2v) is 6.16. The minimum Gasteiger partial charge on any atom is -0.459 e. The Labute approximate surface area is 147 Å². The first kappa shape index (κ1) is 17.1. The van der Waals surface area contributed by atoms with Crippen LogP contribution < -0.4 is 5.32 Å². The second-order valence-electron chi connectivity index (χ2n) is 6.16. The van der Waals surface area contributed by atoms with Crippen molar-refractivity contribution in [2.75, 3.05) is 32.7 Å². The van der Waals surface area contributed by atoms with E-state index < -0.39 is 0 Å². The van der Waals surface area contributed by atoms with E-state index in [0.29, 0.717) is 38.5 Å². The molecule has 2 heterocycles. The average Bonchev–Trinajstić information content (AvgIpc) is 3.17. The standard InChI is InChI=1S/C19H23N3O3/c1-15-5-2-3-6-16(15)8-9-20-19(24)22-12-10-21(11-13-22)18(23)17-7-4-14-25-17/h2-7,14H,8-13H2,1H3,(H,20,24). The number of hydrogen-bond donors (Lipinski definition) is 1. The molecule has 6 nitrogen and oxygen atoms in total. The van der Waals surface area contributed by atoms with Crippen LogP contribution in [-0.2, 0) is 6.42 Å². The summed E-state index contributed by atoms with van der Waals surface area (Å²) in [4.78, 5) is 28.0. The molecule has 0 spiro atoms. The SMILES string of the molecule is Cc1ccccc1CCNC(=O)N1CCN(C(=O)c2ccco2)CC1. The summed E-state index contributed by atoms with van der Waals surface area (Å²) in [5.41, 5.74) is 2.48. The maximum absolute atomic E-state index is 12.3. The summed E-state index contributed by atoms with van der Waals surface area (Å²) in [6.07, 6.45) is 2.31. The van der Waals surface area contributed by atoms with Gasteiger partial charge in [-0.25, -0.2) is 4.79 Å². The van der Waals surface area contributed by atoms with Gasteiger partial charge in [-0.15, -0.1) is 0 Å². The monoisotopic (exact) mass is 341 g/mol. The number of amides is 3. The minimum atomic E-state index is -0.121. The summed E-state index contributed by atoms with van der Waals surface area (Å²) in [5, 5.41) is 2.96. The third kappa shape index (κ3) is 4.21. The van der Waals surface area contributed by atoms with Crippen LogP contribution in [-0.4, -0.2) is 54.5 Å². The lowest BCUT2D eigenvalue weighted by molar-refractivity contribution is 0.0634. The van der Waals surface area contributed by atoms with Gasteiger partial charge in [-0.2, -0.15) is 0 Å². The second kappa shape index (κ2) is 7.88. The Hall–Kier alpha value is -2.76. The number of nitrogens with one attached hydrogen (secondary N) is 1. The predicted octanol–water partition coefficient (Wildman–Crippen LogP) is 2.30. The zero-order valence-electron chi connectivity index (χ0n) is 14.4. The van der Waals surface area contributed by atoms with Gasteiger partial charge in [0.1, 0.15) is 0 Å². The molecule has 2 aromatic rings. The Kier molecular flexibility index (Phi) is 5.38. The molecule has 1 saturated heterocycles. The molecule has 3 rings (SSSR count). The quantitative estimate of drug-likeness (QED) is 0.928. The molecular weight excluding hydrogens is 318 g/mol. The normalized spacial score (nSPS) is 14.4. The van der Waals surface area contributed by atoms with Crippen LogP contribution in [0.4, 0.5) is 4.79 Å². The molecule has 6 heteroatoms. The first-order chi connectivity index (χ1) is 12.1. The van der Waals surface area contributed by atoms with E-state index in [0.717, 1.165) is 6.42 Å². The summed E-state index contributed by atoms with van der Waals surface area (Å²) in [6.45, 7) is 4.78. The van der Waals surface area contributed by atoms with Crippen molar-refractivity contribution in [1.82, 2.24) is 15.1 Å². The molecule has 0 unspecified atom stereocenters. The minimum absolute atomic E-state index is 0.0707. The van der Waals surface area contributed by atoms with E-state index in [1.807, 2.05) is 12.1 Å². The van der Waals surface area contributed by atoms with Crippen LogP contribution in [0.1, 0.15) is 21.7 Å². The average molecular weight is 341 g/mol. The van der Waals surface area contributed by atoms with Crippen molar-refractivity contribution in [2.45, 2.75) is 13.3 Å². The third-order valence-corrected chi connectivity index (χ3v) is 4.52. The molecule has 0 radical (unpaired) electrons. The number of hydrogen-bond acceptors (Lipinski definition) is 3. The highest BCUT2D eigenvalue weighted by Gasteiger charge is 2.25. The van der Waals surface area contributed by atoms with E-state index in [1.54, 1.807) is 21.9 Å². The first-order valence-electron chi connectivity index (χ1n) is 8.55. The number of nitrogens with zero attached hydrogens (tertiary/aromatic N) is 2. The van der Waals surface area contributed by atoms with Crippen LogP contribution >= 0.6 is 0 Å². The van der Waals surface area contributed by atoms with E-state index in [-0.39, 0.29) is 11.9 Å². The molecule has 1 aromatic heterocycles. The van der Waals surface area contributed by atoms with Gasteiger partial charge < -0.3 is 19.5 Å². The molecule has 0 aliphatic carbocycles. The van der Waals surface area contributed by atoms with Crippen LogP contribution in [0.2, 0.25) is 0 Å². The largest absolute Gasteiger partial charge is 0.459 e. The highest BCUT2D eigenvalue weighted by Crippen LogP contribution is 2.10. The van der Waals surface area contributed by atoms with Crippen molar-refractivity contribution in [3.05, 3.63) is 59.5 Å². The number of urea groups is 1. The summed E-state index contributed by atoms with van der Waals surface area (Å²) in [5.74, 6) is 0.223. The zero-order chi connectivity index (χ0) is 17.6. The van der Waals surface area contributed by atoms with Crippen molar-refractivity contribution >= 4 is 11.9 Å². The van der Waals surface area contributed by atoms with Gasteiger partial charge in [0.05, 0.1) is 6.26 Å². The van der Waals surface area contributed by atoms with Gasteiger partial charge in [0.15, 0.2) is 5.76 Å². The van der Waals surface area contributed by atoms with E-state index in [9.17, 15) is 9.59 Å². The van der Waals surface area contributed by atoms with Crippen LogP contribution in [0.15, 0.2) is 47.1 Å². The van der Waals surface area contributed by atoms with Crippen LogP contribution in [0.5, 0.6) is 0 Å². The van der Waals surface area contributed by atoms with Crippen molar-refractivity contribution < 1.29 is 14.0 Å². The smallest absolute Gasteiger partial charge is 0.317 e. The number of carbonyl (C=O) groups excluding carboxylic acids is 2. The van der Waals surface area contributed by atoms with E-state index >= 15 is 0 Å². The van der Waals surface area contributed by atoms with Gasteiger partial charge >= 0.3 is 6.03 Å². The molecule has 0 saturated carbocycles. The molecule has 1 N–H and O–H groups in total. The zero-order valence-corrected chi connectivity index (χ0v) is 14.4. The fourth-order valence-electron chi connectivity index (χ4n) is 2.98. The van der Waals surface area contributed by atoms with Gasteiger partial charge in [-0.05, 0) is 36.6 Å². The van der Waals surface area contributed by atoms with Crippen molar-refractivity contribution in [2.24, 2.45) is 0 Å². The Morgan fingerprint density at radius 1 is 1.04 bits per heavy atom. The van der Waals surface area contributed by atoms with Gasteiger partial charge in [0, 0.05) is 32.7 Å².